The van der Waals surface area contributed by atoms with Gasteiger partial charge in [0.15, 0.2) is 0 Å². The number of allylic oxidation sites excluding steroid dienone is 3. The summed E-state index contributed by atoms with van der Waals surface area (Å²) < 4.78 is 5.86. The van der Waals surface area contributed by atoms with Crippen molar-refractivity contribution in [3.8, 4) is 0 Å². The molecule has 0 aliphatic heterocycles. The molecule has 88 valence electrons. The number of para-hydroxylation sites is 1. The van der Waals surface area contributed by atoms with Crippen LogP contribution in [0.2, 0.25) is 0 Å². The number of benzene rings is 1. The zero-order valence-corrected chi connectivity index (χ0v) is 10.7. The van der Waals surface area contributed by atoms with Crippen LogP contribution >= 0.6 is 0 Å². The minimum atomic E-state index is 0.974. The topological polar surface area (TPSA) is 13.1 Å². The fourth-order valence-electron chi connectivity index (χ4n) is 2.05. The second kappa shape index (κ2) is 5.05. The molecule has 0 N–H and O–H groups in total. The maximum Gasteiger partial charge on any atom is 0.138 e. The normalized spacial score (nSPS) is 13.5. The summed E-state index contributed by atoms with van der Waals surface area (Å²) in [6.07, 6.45) is 7.53. The average molecular weight is 226 g/mol. The standard InChI is InChI=1S/C14H12O.C2H6/c1-10-6-2-3-8-12-11-7-4-5-9-13(11)15-14(10)12;1-2/h3-9H,2H2,1H3;1-2H3. The van der Waals surface area contributed by atoms with Crippen LogP contribution < -0.4 is 0 Å². The Morgan fingerprint density at radius 3 is 2.71 bits per heavy atom. The molecule has 0 spiro atoms. The van der Waals surface area contributed by atoms with Gasteiger partial charge in [0.25, 0.3) is 0 Å². The van der Waals surface area contributed by atoms with Crippen LogP contribution in [0.5, 0.6) is 0 Å². The first-order chi connectivity index (χ1) is 8.36. The third kappa shape index (κ3) is 2.05. The Hall–Kier alpha value is -1.76. The lowest BCUT2D eigenvalue weighted by molar-refractivity contribution is 0.598. The van der Waals surface area contributed by atoms with Crippen molar-refractivity contribution < 1.29 is 4.42 Å². The first-order valence-electron chi connectivity index (χ1n) is 6.21. The van der Waals surface area contributed by atoms with Crippen molar-refractivity contribution in [2.75, 3.05) is 0 Å². The van der Waals surface area contributed by atoms with Gasteiger partial charge >= 0.3 is 0 Å². The summed E-state index contributed by atoms with van der Waals surface area (Å²) in [6, 6.07) is 8.19. The van der Waals surface area contributed by atoms with Gasteiger partial charge in [0.2, 0.25) is 0 Å². The van der Waals surface area contributed by atoms with Crippen LogP contribution in [0, 0.1) is 0 Å². The monoisotopic (exact) mass is 226 g/mol. The van der Waals surface area contributed by atoms with Crippen LogP contribution in [0.3, 0.4) is 0 Å². The largest absolute Gasteiger partial charge is 0.456 e. The number of hydrogen-bond acceptors (Lipinski definition) is 1. The Morgan fingerprint density at radius 1 is 1.12 bits per heavy atom. The average Bonchev–Trinajstić information content (AvgIpc) is 2.66. The molecule has 0 bridgehead atoms. The van der Waals surface area contributed by atoms with E-state index in [4.69, 9.17) is 4.42 Å². The van der Waals surface area contributed by atoms with Crippen LogP contribution in [0.1, 0.15) is 38.5 Å². The Balaban J connectivity index is 0.000000514. The molecule has 1 aliphatic carbocycles. The van der Waals surface area contributed by atoms with Crippen molar-refractivity contribution in [1.82, 2.24) is 0 Å². The van der Waals surface area contributed by atoms with E-state index in [2.05, 4.69) is 37.3 Å². The molecule has 0 saturated heterocycles. The van der Waals surface area contributed by atoms with Crippen molar-refractivity contribution in [3.63, 3.8) is 0 Å². The lowest BCUT2D eigenvalue weighted by atomic mass is 10.1. The van der Waals surface area contributed by atoms with E-state index >= 15 is 0 Å². The zero-order valence-electron chi connectivity index (χ0n) is 10.7. The molecule has 1 aliphatic rings. The van der Waals surface area contributed by atoms with Gasteiger partial charge in [0, 0.05) is 10.9 Å². The van der Waals surface area contributed by atoms with Gasteiger partial charge in [-0.1, -0.05) is 50.3 Å². The Labute approximate surface area is 102 Å². The van der Waals surface area contributed by atoms with E-state index in [1.54, 1.807) is 0 Å². The highest BCUT2D eigenvalue weighted by atomic mass is 16.3. The van der Waals surface area contributed by atoms with Gasteiger partial charge in [-0.15, -0.1) is 0 Å². The van der Waals surface area contributed by atoms with Crippen LogP contribution in [-0.2, 0) is 0 Å². The minimum Gasteiger partial charge on any atom is -0.456 e. The molecule has 0 fully saturated rings. The van der Waals surface area contributed by atoms with Crippen LogP contribution in [0.25, 0.3) is 22.6 Å². The molecule has 1 aromatic carbocycles. The van der Waals surface area contributed by atoms with Gasteiger partial charge in [0.05, 0.1) is 0 Å². The van der Waals surface area contributed by atoms with Crippen molar-refractivity contribution in [2.24, 2.45) is 0 Å². The second-order valence-electron chi connectivity index (χ2n) is 3.87. The van der Waals surface area contributed by atoms with Crippen molar-refractivity contribution in [2.45, 2.75) is 27.2 Å². The summed E-state index contributed by atoms with van der Waals surface area (Å²) in [5, 5.41) is 1.21. The highest BCUT2D eigenvalue weighted by Gasteiger charge is 2.13. The quantitative estimate of drug-likeness (QED) is 0.595. The van der Waals surface area contributed by atoms with Crippen LogP contribution in [-0.4, -0.2) is 0 Å². The predicted octanol–water partition coefficient (Wildman–Crippen LogP) is 5.28. The Morgan fingerprint density at radius 2 is 1.88 bits per heavy atom. The van der Waals surface area contributed by atoms with E-state index in [-0.39, 0.29) is 0 Å². The number of furan rings is 1. The maximum atomic E-state index is 5.86. The van der Waals surface area contributed by atoms with Crippen molar-refractivity contribution >= 4 is 22.6 Å². The van der Waals surface area contributed by atoms with Crippen molar-refractivity contribution in [3.05, 3.63) is 47.7 Å². The highest BCUT2D eigenvalue weighted by molar-refractivity contribution is 5.93. The van der Waals surface area contributed by atoms with Gasteiger partial charge in [-0.3, -0.25) is 0 Å². The molecule has 2 aromatic rings. The smallest absolute Gasteiger partial charge is 0.138 e. The van der Waals surface area contributed by atoms with Gasteiger partial charge < -0.3 is 4.42 Å². The highest BCUT2D eigenvalue weighted by Crippen LogP contribution is 2.33. The van der Waals surface area contributed by atoms with E-state index in [0.29, 0.717) is 0 Å². The maximum absolute atomic E-state index is 5.86. The molecule has 0 atom stereocenters. The van der Waals surface area contributed by atoms with Crippen LogP contribution in [0.15, 0.2) is 40.8 Å². The first-order valence-corrected chi connectivity index (χ1v) is 6.21. The third-order valence-electron chi connectivity index (χ3n) is 2.84. The van der Waals surface area contributed by atoms with Gasteiger partial charge in [-0.05, 0) is 25.0 Å². The molecule has 1 heteroatoms. The first kappa shape index (κ1) is 11.7. The molecule has 3 rings (SSSR count). The second-order valence-corrected chi connectivity index (χ2v) is 3.87. The summed E-state index contributed by atoms with van der Waals surface area (Å²) in [5.41, 5.74) is 3.42. The fourth-order valence-corrected chi connectivity index (χ4v) is 2.05. The molecular formula is C16H18O. The van der Waals surface area contributed by atoms with Gasteiger partial charge in [0.1, 0.15) is 11.3 Å². The Bertz CT molecular complexity index is 570. The summed E-state index contributed by atoms with van der Waals surface area (Å²) in [6.45, 7) is 6.11. The predicted molar refractivity (Wildman–Crippen MR) is 74.9 cm³/mol. The SMILES string of the molecule is CC.CC1=CCC=Cc2c1oc1ccccc21. The van der Waals surface area contributed by atoms with E-state index in [1.165, 1.54) is 16.5 Å². The van der Waals surface area contributed by atoms with Crippen molar-refractivity contribution in [1.29, 1.82) is 0 Å². The molecule has 0 radical (unpaired) electrons. The third-order valence-corrected chi connectivity index (χ3v) is 2.84. The summed E-state index contributed by atoms with van der Waals surface area (Å²) in [7, 11) is 0. The molecular weight excluding hydrogens is 208 g/mol. The molecule has 0 saturated carbocycles. The molecule has 17 heavy (non-hydrogen) atoms. The molecule has 0 unspecified atom stereocenters. The van der Waals surface area contributed by atoms with Crippen LogP contribution in [0.4, 0.5) is 0 Å². The summed E-state index contributed by atoms with van der Waals surface area (Å²) >= 11 is 0. The number of fused-ring (bicyclic) bond motifs is 3. The number of hydrogen-bond donors (Lipinski definition) is 0. The molecule has 1 aromatic heterocycles. The lowest BCUT2D eigenvalue weighted by Crippen LogP contribution is -1.76. The molecule has 1 heterocycles. The van der Waals surface area contributed by atoms with Gasteiger partial charge in [-0.25, -0.2) is 0 Å². The lowest BCUT2D eigenvalue weighted by Gasteiger charge is -1.94. The molecule has 1 nitrogen and oxygen atoms in total. The summed E-state index contributed by atoms with van der Waals surface area (Å²) in [4.78, 5) is 0. The van der Waals surface area contributed by atoms with Gasteiger partial charge in [-0.2, -0.15) is 0 Å². The number of rotatable bonds is 0. The van der Waals surface area contributed by atoms with E-state index in [9.17, 15) is 0 Å². The van der Waals surface area contributed by atoms with E-state index in [1.807, 2.05) is 26.0 Å². The fraction of sp³-hybridized carbons (Fsp3) is 0.250. The zero-order chi connectivity index (χ0) is 12.3. The molecule has 0 amide bonds. The Kier molecular flexibility index (Phi) is 3.48. The van der Waals surface area contributed by atoms with E-state index in [0.717, 1.165) is 17.8 Å². The minimum absolute atomic E-state index is 0.974. The van der Waals surface area contributed by atoms with E-state index < -0.39 is 0 Å². The summed E-state index contributed by atoms with van der Waals surface area (Å²) in [5.74, 6) is 1.02.